The summed E-state index contributed by atoms with van der Waals surface area (Å²) in [4.78, 5) is 11.7. The molecule has 0 unspecified atom stereocenters. The highest BCUT2D eigenvalue weighted by molar-refractivity contribution is 5.74. The van der Waals surface area contributed by atoms with Crippen LogP contribution in [-0.2, 0) is 6.54 Å². The standard InChI is InChI=1S/C10H14N4/c1-3-11-6-8-4-5-12-10-9(8)13-7(2)14-10/h4-5,11H,3,6H2,1-2H3,(H,12,13,14). The highest BCUT2D eigenvalue weighted by atomic mass is 15.0. The fourth-order valence-electron chi connectivity index (χ4n) is 1.48. The Morgan fingerprint density at radius 2 is 2.36 bits per heavy atom. The third-order valence-electron chi connectivity index (χ3n) is 2.16. The second-order valence-electron chi connectivity index (χ2n) is 3.27. The number of aryl methyl sites for hydroxylation is 1. The summed E-state index contributed by atoms with van der Waals surface area (Å²) >= 11 is 0. The molecule has 0 radical (unpaired) electrons. The van der Waals surface area contributed by atoms with E-state index in [0.717, 1.165) is 30.1 Å². The second kappa shape index (κ2) is 3.75. The molecule has 0 aromatic carbocycles. The maximum Gasteiger partial charge on any atom is 0.177 e. The van der Waals surface area contributed by atoms with Crippen molar-refractivity contribution in [1.29, 1.82) is 0 Å². The van der Waals surface area contributed by atoms with Gasteiger partial charge in [-0.05, 0) is 25.1 Å². The van der Waals surface area contributed by atoms with Crippen molar-refractivity contribution in [2.45, 2.75) is 20.4 Å². The first kappa shape index (κ1) is 9.15. The third kappa shape index (κ3) is 1.61. The Hall–Kier alpha value is -1.42. The Kier molecular flexibility index (Phi) is 2.45. The summed E-state index contributed by atoms with van der Waals surface area (Å²) < 4.78 is 0. The molecule has 0 spiro atoms. The zero-order valence-corrected chi connectivity index (χ0v) is 8.46. The van der Waals surface area contributed by atoms with Gasteiger partial charge in [-0.1, -0.05) is 6.92 Å². The summed E-state index contributed by atoms with van der Waals surface area (Å²) in [6.45, 7) is 5.86. The molecule has 0 amide bonds. The summed E-state index contributed by atoms with van der Waals surface area (Å²) in [5.41, 5.74) is 3.07. The molecule has 2 N–H and O–H groups in total. The molecule has 0 saturated heterocycles. The number of aromatic nitrogens is 3. The smallest absolute Gasteiger partial charge is 0.177 e. The lowest BCUT2D eigenvalue weighted by Gasteiger charge is -2.01. The van der Waals surface area contributed by atoms with Crippen molar-refractivity contribution in [2.75, 3.05) is 6.54 Å². The molecule has 0 aliphatic carbocycles. The van der Waals surface area contributed by atoms with Crippen LogP contribution in [0, 0.1) is 6.92 Å². The van der Waals surface area contributed by atoms with Gasteiger partial charge in [-0.2, -0.15) is 0 Å². The van der Waals surface area contributed by atoms with E-state index in [-0.39, 0.29) is 0 Å². The van der Waals surface area contributed by atoms with Gasteiger partial charge in [-0.15, -0.1) is 0 Å². The number of imidazole rings is 1. The van der Waals surface area contributed by atoms with Crippen molar-refractivity contribution >= 4 is 11.2 Å². The number of H-pyrrole nitrogens is 1. The first-order valence-corrected chi connectivity index (χ1v) is 4.82. The summed E-state index contributed by atoms with van der Waals surface area (Å²) in [6, 6.07) is 2.02. The van der Waals surface area contributed by atoms with Crippen LogP contribution in [0.2, 0.25) is 0 Å². The molecule has 0 aliphatic rings. The van der Waals surface area contributed by atoms with Crippen LogP contribution in [0.5, 0.6) is 0 Å². The normalized spacial score (nSPS) is 11.0. The number of nitrogens with one attached hydrogen (secondary N) is 2. The number of fused-ring (bicyclic) bond motifs is 1. The van der Waals surface area contributed by atoms with E-state index in [1.165, 1.54) is 5.56 Å². The van der Waals surface area contributed by atoms with Gasteiger partial charge in [0.2, 0.25) is 0 Å². The first-order chi connectivity index (χ1) is 6.81. The van der Waals surface area contributed by atoms with Gasteiger partial charge in [0.15, 0.2) is 5.65 Å². The minimum atomic E-state index is 0.804. The number of rotatable bonds is 3. The Bertz CT molecular complexity index is 433. The van der Waals surface area contributed by atoms with Gasteiger partial charge in [0, 0.05) is 12.7 Å². The average molecular weight is 190 g/mol. The van der Waals surface area contributed by atoms with Gasteiger partial charge in [-0.25, -0.2) is 9.97 Å². The van der Waals surface area contributed by atoms with E-state index in [1.807, 2.05) is 13.0 Å². The highest BCUT2D eigenvalue weighted by Gasteiger charge is 2.04. The summed E-state index contributed by atoms with van der Waals surface area (Å²) in [5.74, 6) is 0.913. The Balaban J connectivity index is 2.42. The SMILES string of the molecule is CCNCc1ccnc2nc(C)[nH]c12. The van der Waals surface area contributed by atoms with Crippen LogP contribution in [-0.4, -0.2) is 21.5 Å². The lowest BCUT2D eigenvalue weighted by molar-refractivity contribution is 0.729. The van der Waals surface area contributed by atoms with Crippen LogP contribution in [0.15, 0.2) is 12.3 Å². The van der Waals surface area contributed by atoms with Gasteiger partial charge in [0.25, 0.3) is 0 Å². The van der Waals surface area contributed by atoms with Crippen LogP contribution in [0.25, 0.3) is 11.2 Å². The van der Waals surface area contributed by atoms with Crippen LogP contribution >= 0.6 is 0 Å². The third-order valence-corrected chi connectivity index (χ3v) is 2.16. The van der Waals surface area contributed by atoms with Crippen LogP contribution in [0.4, 0.5) is 0 Å². The van der Waals surface area contributed by atoms with E-state index >= 15 is 0 Å². The van der Waals surface area contributed by atoms with Crippen LogP contribution < -0.4 is 5.32 Å². The minimum absolute atomic E-state index is 0.804. The molecule has 4 nitrogen and oxygen atoms in total. The Labute approximate surface area is 82.8 Å². The Morgan fingerprint density at radius 3 is 3.14 bits per heavy atom. The van der Waals surface area contributed by atoms with E-state index in [1.54, 1.807) is 6.20 Å². The van der Waals surface area contributed by atoms with E-state index in [0.29, 0.717) is 0 Å². The molecule has 0 saturated carbocycles. The first-order valence-electron chi connectivity index (χ1n) is 4.82. The molecule has 74 valence electrons. The largest absolute Gasteiger partial charge is 0.341 e. The van der Waals surface area contributed by atoms with E-state index in [9.17, 15) is 0 Å². The molecule has 14 heavy (non-hydrogen) atoms. The molecule has 2 rings (SSSR count). The van der Waals surface area contributed by atoms with Gasteiger partial charge < -0.3 is 10.3 Å². The van der Waals surface area contributed by atoms with Crippen molar-refractivity contribution in [3.05, 3.63) is 23.7 Å². The number of hydrogen-bond acceptors (Lipinski definition) is 3. The van der Waals surface area contributed by atoms with Gasteiger partial charge >= 0.3 is 0 Å². The maximum absolute atomic E-state index is 4.29. The molecule has 2 aromatic rings. The molecular weight excluding hydrogens is 176 g/mol. The molecule has 0 atom stereocenters. The fourth-order valence-corrected chi connectivity index (χ4v) is 1.48. The summed E-state index contributed by atoms with van der Waals surface area (Å²) in [6.07, 6.45) is 1.80. The van der Waals surface area contributed by atoms with Crippen LogP contribution in [0.1, 0.15) is 18.3 Å². The minimum Gasteiger partial charge on any atom is -0.341 e. The van der Waals surface area contributed by atoms with E-state index < -0.39 is 0 Å². The molecule has 4 heteroatoms. The van der Waals surface area contributed by atoms with Gasteiger partial charge in [-0.3, -0.25) is 0 Å². The van der Waals surface area contributed by atoms with Crippen molar-refractivity contribution in [3.8, 4) is 0 Å². The lowest BCUT2D eigenvalue weighted by Crippen LogP contribution is -2.12. The quantitative estimate of drug-likeness (QED) is 0.768. The van der Waals surface area contributed by atoms with Crippen molar-refractivity contribution < 1.29 is 0 Å². The predicted octanol–water partition coefficient (Wildman–Crippen LogP) is 1.38. The van der Waals surface area contributed by atoms with Gasteiger partial charge in [0.05, 0.1) is 5.52 Å². The monoisotopic (exact) mass is 190 g/mol. The fraction of sp³-hybridized carbons (Fsp3) is 0.400. The van der Waals surface area contributed by atoms with Crippen molar-refractivity contribution in [1.82, 2.24) is 20.3 Å². The van der Waals surface area contributed by atoms with E-state index in [2.05, 4.69) is 27.2 Å². The molecule has 0 bridgehead atoms. The van der Waals surface area contributed by atoms with Crippen molar-refractivity contribution in [2.24, 2.45) is 0 Å². The molecule has 2 aromatic heterocycles. The zero-order valence-electron chi connectivity index (χ0n) is 8.46. The molecular formula is C10H14N4. The van der Waals surface area contributed by atoms with Gasteiger partial charge in [0.1, 0.15) is 5.82 Å². The number of aromatic amines is 1. The molecule has 2 heterocycles. The predicted molar refractivity (Wildman–Crippen MR) is 56.0 cm³/mol. The topological polar surface area (TPSA) is 53.6 Å². The second-order valence-corrected chi connectivity index (χ2v) is 3.27. The average Bonchev–Trinajstić information content (AvgIpc) is 2.55. The zero-order chi connectivity index (χ0) is 9.97. The van der Waals surface area contributed by atoms with Crippen molar-refractivity contribution in [3.63, 3.8) is 0 Å². The number of pyridine rings is 1. The molecule has 0 fully saturated rings. The maximum atomic E-state index is 4.29. The highest BCUT2D eigenvalue weighted by Crippen LogP contribution is 2.13. The van der Waals surface area contributed by atoms with Crippen LogP contribution in [0.3, 0.4) is 0 Å². The summed E-state index contributed by atoms with van der Waals surface area (Å²) in [5, 5.41) is 3.29. The number of hydrogen-bond donors (Lipinski definition) is 2. The number of nitrogens with zero attached hydrogens (tertiary/aromatic N) is 2. The summed E-state index contributed by atoms with van der Waals surface area (Å²) in [7, 11) is 0. The molecule has 0 aliphatic heterocycles. The van der Waals surface area contributed by atoms with E-state index in [4.69, 9.17) is 0 Å². The lowest BCUT2D eigenvalue weighted by atomic mass is 10.2. The Morgan fingerprint density at radius 1 is 1.50 bits per heavy atom.